The van der Waals surface area contributed by atoms with Crippen molar-refractivity contribution in [2.45, 2.75) is 58.4 Å². The van der Waals surface area contributed by atoms with Crippen molar-refractivity contribution in [2.24, 2.45) is 5.92 Å². The van der Waals surface area contributed by atoms with Crippen LogP contribution < -0.4 is 5.32 Å². The summed E-state index contributed by atoms with van der Waals surface area (Å²) in [6.45, 7) is 4.18. The molecule has 0 bridgehead atoms. The van der Waals surface area contributed by atoms with E-state index in [1.54, 1.807) is 0 Å². The third kappa shape index (κ3) is 4.17. The average Bonchev–Trinajstić information content (AvgIpc) is 2.85. The van der Waals surface area contributed by atoms with Crippen molar-refractivity contribution >= 4 is 23.0 Å². The molecule has 0 aromatic carbocycles. The summed E-state index contributed by atoms with van der Waals surface area (Å²) in [5.41, 5.74) is 0. The van der Waals surface area contributed by atoms with Crippen molar-refractivity contribution in [3.8, 4) is 0 Å². The number of carbonyl (C=O) groups excluding carboxylic acids is 2. The number of carbonyl (C=O) groups is 2. The van der Waals surface area contributed by atoms with Crippen LogP contribution in [-0.2, 0) is 4.79 Å². The van der Waals surface area contributed by atoms with Crippen molar-refractivity contribution in [1.29, 1.82) is 0 Å². The molecule has 1 heterocycles. The monoisotopic (exact) mass is 293 g/mol. The highest BCUT2D eigenvalue weighted by Gasteiger charge is 2.22. The lowest BCUT2D eigenvalue weighted by Gasteiger charge is -2.29. The average molecular weight is 293 g/mol. The van der Waals surface area contributed by atoms with Crippen LogP contribution in [0.2, 0.25) is 0 Å². The highest BCUT2D eigenvalue weighted by Crippen LogP contribution is 2.24. The van der Waals surface area contributed by atoms with Crippen LogP contribution in [0.3, 0.4) is 0 Å². The first-order valence-corrected chi connectivity index (χ1v) is 8.27. The van der Waals surface area contributed by atoms with E-state index in [9.17, 15) is 9.59 Å². The fourth-order valence-electron chi connectivity index (χ4n) is 2.74. The maximum atomic E-state index is 11.9. The van der Waals surface area contributed by atoms with Crippen LogP contribution in [0.25, 0.3) is 0 Å². The van der Waals surface area contributed by atoms with E-state index in [0.29, 0.717) is 24.8 Å². The highest BCUT2D eigenvalue weighted by molar-refractivity contribution is 7.14. The summed E-state index contributed by atoms with van der Waals surface area (Å²) >= 11 is 1.50. The van der Waals surface area contributed by atoms with Gasteiger partial charge in [0.25, 0.3) is 0 Å². The molecule has 0 aliphatic heterocycles. The van der Waals surface area contributed by atoms with Gasteiger partial charge in [0, 0.05) is 23.8 Å². The Morgan fingerprint density at radius 2 is 2.00 bits per heavy atom. The summed E-state index contributed by atoms with van der Waals surface area (Å²) in [6, 6.07) is 4.10. The van der Waals surface area contributed by atoms with E-state index in [0.717, 1.165) is 16.2 Å². The molecule has 0 unspecified atom stereocenters. The van der Waals surface area contributed by atoms with E-state index >= 15 is 0 Å². The molecule has 2 atom stereocenters. The second kappa shape index (κ2) is 7.02. The SMILES string of the molecule is Cc1ccc(C(=O)CCC(=O)N[C@@H]2CCCC[C@@H]2C)s1. The maximum Gasteiger partial charge on any atom is 0.220 e. The molecule has 1 aromatic rings. The summed E-state index contributed by atoms with van der Waals surface area (Å²) in [4.78, 5) is 25.8. The van der Waals surface area contributed by atoms with Gasteiger partial charge < -0.3 is 5.32 Å². The van der Waals surface area contributed by atoms with Gasteiger partial charge in [-0.25, -0.2) is 0 Å². The van der Waals surface area contributed by atoms with Gasteiger partial charge in [-0.05, 0) is 37.8 Å². The first-order valence-electron chi connectivity index (χ1n) is 7.45. The van der Waals surface area contributed by atoms with Crippen molar-refractivity contribution < 1.29 is 9.59 Å². The van der Waals surface area contributed by atoms with E-state index in [2.05, 4.69) is 12.2 Å². The van der Waals surface area contributed by atoms with Crippen LogP contribution in [0.1, 0.15) is 60.0 Å². The normalized spacial score (nSPS) is 22.5. The zero-order valence-corrected chi connectivity index (χ0v) is 13.1. The zero-order chi connectivity index (χ0) is 14.5. The summed E-state index contributed by atoms with van der Waals surface area (Å²) in [5, 5.41) is 3.09. The molecule has 2 rings (SSSR count). The Kier molecular flexibility index (Phi) is 5.35. The quantitative estimate of drug-likeness (QED) is 0.841. The van der Waals surface area contributed by atoms with Crippen molar-refractivity contribution in [3.05, 3.63) is 21.9 Å². The molecule has 1 aromatic heterocycles. The van der Waals surface area contributed by atoms with Gasteiger partial charge in [-0.2, -0.15) is 0 Å². The lowest BCUT2D eigenvalue weighted by atomic mass is 9.86. The molecule has 1 aliphatic rings. The molecule has 3 nitrogen and oxygen atoms in total. The minimum Gasteiger partial charge on any atom is -0.353 e. The molecule has 1 saturated carbocycles. The molecule has 110 valence electrons. The minimum absolute atomic E-state index is 0.0189. The molecule has 1 aliphatic carbocycles. The fraction of sp³-hybridized carbons (Fsp3) is 0.625. The lowest BCUT2D eigenvalue weighted by Crippen LogP contribution is -2.41. The highest BCUT2D eigenvalue weighted by atomic mass is 32.1. The number of ketones is 1. The van der Waals surface area contributed by atoms with Crippen LogP contribution in [-0.4, -0.2) is 17.7 Å². The van der Waals surface area contributed by atoms with Gasteiger partial charge in [-0.15, -0.1) is 11.3 Å². The number of Topliss-reactive ketones (excluding diaryl/α,β-unsaturated/α-hetero) is 1. The predicted octanol–water partition coefficient (Wildman–Crippen LogP) is 3.71. The van der Waals surface area contributed by atoms with E-state index in [-0.39, 0.29) is 11.7 Å². The Morgan fingerprint density at radius 3 is 2.65 bits per heavy atom. The molecule has 4 heteroatoms. The smallest absolute Gasteiger partial charge is 0.220 e. The molecule has 0 saturated heterocycles. The van der Waals surface area contributed by atoms with Crippen LogP contribution in [0.15, 0.2) is 12.1 Å². The summed E-state index contributed by atoms with van der Waals surface area (Å²) in [5.74, 6) is 0.656. The number of hydrogen-bond acceptors (Lipinski definition) is 3. The summed E-state index contributed by atoms with van der Waals surface area (Å²) in [7, 11) is 0. The summed E-state index contributed by atoms with van der Waals surface area (Å²) < 4.78 is 0. The summed E-state index contributed by atoms with van der Waals surface area (Å²) in [6.07, 6.45) is 5.35. The van der Waals surface area contributed by atoms with Gasteiger partial charge in [0.15, 0.2) is 5.78 Å². The largest absolute Gasteiger partial charge is 0.353 e. The molecule has 0 spiro atoms. The molecule has 20 heavy (non-hydrogen) atoms. The van der Waals surface area contributed by atoms with Gasteiger partial charge in [-0.3, -0.25) is 9.59 Å². The Labute approximate surface area is 124 Å². The fourth-order valence-corrected chi connectivity index (χ4v) is 3.58. The number of rotatable bonds is 5. The van der Waals surface area contributed by atoms with Crippen LogP contribution in [0.4, 0.5) is 0 Å². The Bertz CT molecular complexity index is 481. The predicted molar refractivity (Wildman–Crippen MR) is 82.2 cm³/mol. The van der Waals surface area contributed by atoms with Crippen molar-refractivity contribution in [2.75, 3.05) is 0 Å². The standard InChI is InChI=1S/C16H23NO2S/c1-11-5-3-4-6-13(11)17-16(19)10-8-14(18)15-9-7-12(2)20-15/h7,9,11,13H,3-6,8,10H2,1-2H3,(H,17,19)/t11-,13+/m0/s1. The van der Waals surface area contributed by atoms with E-state index in [4.69, 9.17) is 0 Å². The Balaban J connectivity index is 1.76. The number of amides is 1. The number of thiophene rings is 1. The first kappa shape index (κ1) is 15.2. The molecular formula is C16H23NO2S. The molecule has 1 N–H and O–H groups in total. The third-order valence-corrected chi connectivity index (χ3v) is 5.09. The van der Waals surface area contributed by atoms with Gasteiger partial charge in [0.1, 0.15) is 0 Å². The van der Waals surface area contributed by atoms with E-state index in [1.165, 1.54) is 30.6 Å². The Morgan fingerprint density at radius 1 is 1.25 bits per heavy atom. The van der Waals surface area contributed by atoms with Crippen molar-refractivity contribution in [1.82, 2.24) is 5.32 Å². The topological polar surface area (TPSA) is 46.2 Å². The first-order chi connectivity index (χ1) is 9.56. The van der Waals surface area contributed by atoms with Gasteiger partial charge in [-0.1, -0.05) is 19.8 Å². The van der Waals surface area contributed by atoms with Crippen molar-refractivity contribution in [3.63, 3.8) is 0 Å². The lowest BCUT2D eigenvalue weighted by molar-refractivity contribution is -0.122. The van der Waals surface area contributed by atoms with Gasteiger partial charge >= 0.3 is 0 Å². The van der Waals surface area contributed by atoms with Gasteiger partial charge in [0.2, 0.25) is 5.91 Å². The van der Waals surface area contributed by atoms with Crippen LogP contribution >= 0.6 is 11.3 Å². The van der Waals surface area contributed by atoms with Crippen LogP contribution in [0.5, 0.6) is 0 Å². The molecule has 1 fully saturated rings. The Hall–Kier alpha value is -1.16. The van der Waals surface area contributed by atoms with Gasteiger partial charge in [0.05, 0.1) is 4.88 Å². The number of aryl methyl sites for hydroxylation is 1. The molecular weight excluding hydrogens is 270 g/mol. The second-order valence-electron chi connectivity index (χ2n) is 5.77. The maximum absolute atomic E-state index is 11.9. The van der Waals surface area contributed by atoms with E-state index in [1.807, 2.05) is 19.1 Å². The zero-order valence-electron chi connectivity index (χ0n) is 12.3. The number of hydrogen-bond donors (Lipinski definition) is 1. The molecule has 0 radical (unpaired) electrons. The minimum atomic E-state index is 0.0189. The van der Waals surface area contributed by atoms with E-state index < -0.39 is 0 Å². The molecule has 1 amide bonds. The number of nitrogens with one attached hydrogen (secondary N) is 1. The third-order valence-electron chi connectivity index (χ3n) is 4.05. The van der Waals surface area contributed by atoms with Crippen LogP contribution in [0, 0.1) is 12.8 Å². The second-order valence-corrected chi connectivity index (χ2v) is 7.06.